The molecule has 1 aromatic rings. The number of nitrogens with one attached hydrogen (secondary N) is 1. The molecule has 0 heterocycles. The van der Waals surface area contributed by atoms with Crippen molar-refractivity contribution >= 4 is 17.7 Å². The van der Waals surface area contributed by atoms with E-state index in [4.69, 9.17) is 4.74 Å². The van der Waals surface area contributed by atoms with E-state index >= 15 is 0 Å². The molecule has 23 heavy (non-hydrogen) atoms. The van der Waals surface area contributed by atoms with Crippen LogP contribution in [-0.4, -0.2) is 76.5 Å². The Morgan fingerprint density at radius 3 is 2.48 bits per heavy atom. The molecule has 130 valence electrons. The highest BCUT2D eigenvalue weighted by atomic mass is 32.2. The van der Waals surface area contributed by atoms with Gasteiger partial charge >= 0.3 is 0 Å². The molecular formula is C17H30N4OS. The van der Waals surface area contributed by atoms with Gasteiger partial charge in [0.05, 0.1) is 6.61 Å². The zero-order valence-corrected chi connectivity index (χ0v) is 15.8. The predicted octanol–water partition coefficient (Wildman–Crippen LogP) is 1.99. The lowest BCUT2D eigenvalue weighted by atomic mass is 10.2. The fourth-order valence-corrected chi connectivity index (χ4v) is 2.59. The molecule has 0 bridgehead atoms. The van der Waals surface area contributed by atoms with Gasteiger partial charge in [0, 0.05) is 52.3 Å². The number of likely N-dealkylation sites (N-methyl/N-ethyl adjacent to an activating group) is 1. The normalized spacial score (nSPS) is 11.8. The maximum Gasteiger partial charge on any atom is 0.193 e. The number of rotatable bonds is 9. The van der Waals surface area contributed by atoms with Crippen molar-refractivity contribution in [2.75, 3.05) is 60.7 Å². The van der Waals surface area contributed by atoms with Crippen LogP contribution in [0.5, 0.6) is 0 Å². The fourth-order valence-electron chi connectivity index (χ4n) is 2.18. The number of thioether (sulfide) groups is 1. The number of hydrogen-bond acceptors (Lipinski definition) is 4. The van der Waals surface area contributed by atoms with Crippen molar-refractivity contribution in [1.29, 1.82) is 0 Å². The smallest absolute Gasteiger partial charge is 0.193 e. The predicted molar refractivity (Wildman–Crippen MR) is 100 cm³/mol. The maximum absolute atomic E-state index is 5.09. The SMILES string of the molecule is CN=C(NCCN(C)CCOC)N(C)Cc1ccc(SC)cc1. The number of benzene rings is 1. The lowest BCUT2D eigenvalue weighted by Gasteiger charge is -2.23. The van der Waals surface area contributed by atoms with Crippen LogP contribution in [0.3, 0.4) is 0 Å². The van der Waals surface area contributed by atoms with Gasteiger partial charge < -0.3 is 19.9 Å². The summed E-state index contributed by atoms with van der Waals surface area (Å²) in [6, 6.07) is 8.67. The van der Waals surface area contributed by atoms with Crippen molar-refractivity contribution in [2.24, 2.45) is 4.99 Å². The minimum absolute atomic E-state index is 0.761. The summed E-state index contributed by atoms with van der Waals surface area (Å²) in [7, 11) is 7.71. The summed E-state index contributed by atoms with van der Waals surface area (Å²) in [4.78, 5) is 10.0. The Hall–Kier alpha value is -1.24. The van der Waals surface area contributed by atoms with Gasteiger partial charge in [-0.1, -0.05) is 12.1 Å². The van der Waals surface area contributed by atoms with Crippen LogP contribution >= 0.6 is 11.8 Å². The van der Waals surface area contributed by atoms with Crippen molar-refractivity contribution in [3.8, 4) is 0 Å². The van der Waals surface area contributed by atoms with E-state index in [1.54, 1.807) is 18.9 Å². The molecular weight excluding hydrogens is 308 g/mol. The Morgan fingerprint density at radius 2 is 1.91 bits per heavy atom. The van der Waals surface area contributed by atoms with Gasteiger partial charge in [-0.15, -0.1) is 11.8 Å². The van der Waals surface area contributed by atoms with E-state index in [1.165, 1.54) is 10.5 Å². The molecule has 1 N–H and O–H groups in total. The van der Waals surface area contributed by atoms with Crippen LogP contribution in [0.25, 0.3) is 0 Å². The van der Waals surface area contributed by atoms with E-state index in [1.807, 2.05) is 7.05 Å². The summed E-state index contributed by atoms with van der Waals surface area (Å²) in [6.45, 7) is 4.36. The number of hydrogen-bond donors (Lipinski definition) is 1. The molecule has 0 saturated heterocycles. The molecule has 0 radical (unpaired) electrons. The van der Waals surface area contributed by atoms with Crippen molar-refractivity contribution in [3.05, 3.63) is 29.8 Å². The van der Waals surface area contributed by atoms with E-state index in [9.17, 15) is 0 Å². The van der Waals surface area contributed by atoms with Gasteiger partial charge in [0.2, 0.25) is 0 Å². The second-order valence-corrected chi connectivity index (χ2v) is 6.35. The lowest BCUT2D eigenvalue weighted by molar-refractivity contribution is 0.162. The van der Waals surface area contributed by atoms with Crippen LogP contribution in [-0.2, 0) is 11.3 Å². The molecule has 0 aliphatic rings. The average molecular weight is 339 g/mol. The van der Waals surface area contributed by atoms with Gasteiger partial charge in [-0.3, -0.25) is 4.99 Å². The van der Waals surface area contributed by atoms with Crippen molar-refractivity contribution in [3.63, 3.8) is 0 Å². The van der Waals surface area contributed by atoms with Gasteiger partial charge in [0.1, 0.15) is 0 Å². The molecule has 0 aromatic heterocycles. The third kappa shape index (κ3) is 7.72. The van der Waals surface area contributed by atoms with Crippen molar-refractivity contribution in [2.45, 2.75) is 11.4 Å². The highest BCUT2D eigenvalue weighted by Gasteiger charge is 2.07. The van der Waals surface area contributed by atoms with Gasteiger partial charge in [0.25, 0.3) is 0 Å². The third-order valence-electron chi connectivity index (χ3n) is 3.61. The molecule has 5 nitrogen and oxygen atoms in total. The van der Waals surface area contributed by atoms with Crippen molar-refractivity contribution < 1.29 is 4.74 Å². The highest BCUT2D eigenvalue weighted by molar-refractivity contribution is 7.98. The Morgan fingerprint density at radius 1 is 1.22 bits per heavy atom. The van der Waals surface area contributed by atoms with Gasteiger partial charge in [-0.05, 0) is 31.0 Å². The van der Waals surface area contributed by atoms with Gasteiger partial charge in [0.15, 0.2) is 5.96 Å². The monoisotopic (exact) mass is 338 g/mol. The Labute approximate surface area is 145 Å². The molecule has 0 amide bonds. The van der Waals surface area contributed by atoms with Crippen LogP contribution in [0.4, 0.5) is 0 Å². The number of nitrogens with zero attached hydrogens (tertiary/aromatic N) is 3. The van der Waals surface area contributed by atoms with Crippen LogP contribution in [0, 0.1) is 0 Å². The highest BCUT2D eigenvalue weighted by Crippen LogP contribution is 2.15. The third-order valence-corrected chi connectivity index (χ3v) is 4.35. The molecule has 0 unspecified atom stereocenters. The first-order chi connectivity index (χ1) is 11.1. The number of ether oxygens (including phenoxy) is 1. The Balaban J connectivity index is 2.40. The lowest BCUT2D eigenvalue weighted by Crippen LogP contribution is -2.42. The second kappa shape index (κ2) is 11.3. The minimum Gasteiger partial charge on any atom is -0.383 e. The molecule has 0 fully saturated rings. The standard InChI is InChI=1S/C17H30N4OS/c1-18-17(19-10-11-20(2)12-13-22-4)21(3)14-15-6-8-16(23-5)9-7-15/h6-9H,10-14H2,1-5H3,(H,18,19). The first-order valence-electron chi connectivity index (χ1n) is 7.83. The summed E-state index contributed by atoms with van der Waals surface area (Å²) in [5.41, 5.74) is 1.28. The first kappa shape index (κ1) is 19.8. The van der Waals surface area contributed by atoms with Crippen molar-refractivity contribution in [1.82, 2.24) is 15.1 Å². The van der Waals surface area contributed by atoms with Gasteiger partial charge in [-0.2, -0.15) is 0 Å². The van der Waals surface area contributed by atoms with E-state index in [0.717, 1.165) is 38.7 Å². The molecule has 1 aromatic carbocycles. The first-order valence-corrected chi connectivity index (χ1v) is 9.05. The van der Waals surface area contributed by atoms with E-state index in [2.05, 4.69) is 64.7 Å². The summed E-state index contributed by atoms with van der Waals surface area (Å²) in [6.07, 6.45) is 2.09. The summed E-state index contributed by atoms with van der Waals surface area (Å²) in [5.74, 6) is 0.916. The zero-order valence-electron chi connectivity index (χ0n) is 15.0. The molecule has 0 spiro atoms. The molecule has 1 rings (SSSR count). The molecule has 0 saturated carbocycles. The number of guanidine groups is 1. The van der Waals surface area contributed by atoms with E-state index in [-0.39, 0.29) is 0 Å². The average Bonchev–Trinajstić information content (AvgIpc) is 2.57. The summed E-state index contributed by atoms with van der Waals surface area (Å²) < 4.78 is 5.09. The van der Waals surface area contributed by atoms with Crippen LogP contribution < -0.4 is 5.32 Å². The maximum atomic E-state index is 5.09. The van der Waals surface area contributed by atoms with E-state index in [0.29, 0.717) is 0 Å². The molecule has 6 heteroatoms. The minimum atomic E-state index is 0.761. The fraction of sp³-hybridized carbons (Fsp3) is 0.588. The Bertz CT molecular complexity index is 464. The Kier molecular flexibility index (Phi) is 9.75. The summed E-state index contributed by atoms with van der Waals surface area (Å²) >= 11 is 1.76. The molecule has 0 atom stereocenters. The topological polar surface area (TPSA) is 40.1 Å². The van der Waals surface area contributed by atoms with Gasteiger partial charge in [-0.25, -0.2) is 0 Å². The number of methoxy groups -OCH3 is 1. The zero-order chi connectivity index (χ0) is 17.1. The van der Waals surface area contributed by atoms with Crippen LogP contribution in [0.15, 0.2) is 34.2 Å². The summed E-state index contributed by atoms with van der Waals surface area (Å²) in [5, 5.41) is 3.41. The molecule has 0 aliphatic carbocycles. The largest absolute Gasteiger partial charge is 0.383 e. The number of aliphatic imine (C=N–C) groups is 1. The van der Waals surface area contributed by atoms with E-state index < -0.39 is 0 Å². The second-order valence-electron chi connectivity index (χ2n) is 5.47. The quantitative estimate of drug-likeness (QED) is 0.424. The molecule has 0 aliphatic heterocycles. The van der Waals surface area contributed by atoms with Crippen LogP contribution in [0.1, 0.15) is 5.56 Å². The van der Waals surface area contributed by atoms with Crippen LogP contribution in [0.2, 0.25) is 0 Å².